The Kier molecular flexibility index (Phi) is 4.60. The fourth-order valence-corrected chi connectivity index (χ4v) is 3.64. The number of hydrogen-bond donors (Lipinski definition) is 2. The van der Waals surface area contributed by atoms with Crippen molar-refractivity contribution < 1.29 is 4.79 Å². The van der Waals surface area contributed by atoms with Crippen LogP contribution in [-0.4, -0.2) is 54.5 Å². The van der Waals surface area contributed by atoms with E-state index in [4.69, 9.17) is 5.73 Å². The van der Waals surface area contributed by atoms with E-state index < -0.39 is 0 Å². The number of likely N-dealkylation sites (tertiary alicyclic amines) is 1. The van der Waals surface area contributed by atoms with Gasteiger partial charge in [0.05, 0.1) is 0 Å². The van der Waals surface area contributed by atoms with Crippen LogP contribution in [0.5, 0.6) is 0 Å². The highest BCUT2D eigenvalue weighted by molar-refractivity contribution is 5.94. The Morgan fingerprint density at radius 1 is 1.39 bits per heavy atom. The van der Waals surface area contributed by atoms with Crippen LogP contribution in [0.15, 0.2) is 18.2 Å². The van der Waals surface area contributed by atoms with Crippen molar-refractivity contribution in [2.75, 3.05) is 26.0 Å². The minimum atomic E-state index is -0.371. The maximum Gasteiger partial charge on any atom is 0.248 e. The van der Waals surface area contributed by atoms with Crippen molar-refractivity contribution in [3.63, 3.8) is 0 Å². The lowest BCUT2D eigenvalue weighted by molar-refractivity contribution is 0.100. The summed E-state index contributed by atoms with van der Waals surface area (Å²) in [5.74, 6) is -0.371. The van der Waals surface area contributed by atoms with Crippen molar-refractivity contribution in [1.29, 1.82) is 0 Å². The van der Waals surface area contributed by atoms with Gasteiger partial charge >= 0.3 is 0 Å². The van der Waals surface area contributed by atoms with Gasteiger partial charge in [0, 0.05) is 42.5 Å². The number of nitrogens with one attached hydrogen (secondary N) is 1. The molecule has 0 spiro atoms. The van der Waals surface area contributed by atoms with Crippen LogP contribution < -0.4 is 11.1 Å². The molecule has 1 saturated heterocycles. The molecule has 0 bridgehead atoms. The monoisotopic (exact) mass is 316 g/mol. The Bertz CT molecular complexity index is 582. The summed E-state index contributed by atoms with van der Waals surface area (Å²) in [6.07, 6.45) is 3.85. The molecule has 2 atom stereocenters. The average molecular weight is 316 g/mol. The molecule has 1 aromatic carbocycles. The van der Waals surface area contributed by atoms with Crippen molar-refractivity contribution in [3.8, 4) is 0 Å². The molecule has 1 heterocycles. The molecule has 2 fully saturated rings. The number of primary amides is 1. The molecular formula is C18H28N4O. The van der Waals surface area contributed by atoms with Crippen LogP contribution in [0.3, 0.4) is 0 Å². The summed E-state index contributed by atoms with van der Waals surface area (Å²) in [6.45, 7) is 4.25. The van der Waals surface area contributed by atoms with Crippen molar-refractivity contribution in [3.05, 3.63) is 29.3 Å². The third-order valence-electron chi connectivity index (χ3n) is 4.88. The van der Waals surface area contributed by atoms with Gasteiger partial charge in [-0.3, -0.25) is 9.69 Å². The molecule has 126 valence electrons. The molecule has 5 nitrogen and oxygen atoms in total. The zero-order valence-electron chi connectivity index (χ0n) is 14.4. The van der Waals surface area contributed by atoms with Gasteiger partial charge in [0.1, 0.15) is 0 Å². The maximum absolute atomic E-state index is 11.5. The summed E-state index contributed by atoms with van der Waals surface area (Å²) >= 11 is 0. The van der Waals surface area contributed by atoms with Crippen LogP contribution in [0.2, 0.25) is 0 Å². The van der Waals surface area contributed by atoms with E-state index in [0.717, 1.165) is 31.2 Å². The molecule has 1 amide bonds. The van der Waals surface area contributed by atoms with Gasteiger partial charge < -0.3 is 16.0 Å². The van der Waals surface area contributed by atoms with Crippen LogP contribution in [-0.2, 0) is 6.54 Å². The number of nitrogens with zero attached hydrogens (tertiary/aromatic N) is 2. The smallest absolute Gasteiger partial charge is 0.248 e. The quantitative estimate of drug-likeness (QED) is 0.841. The number of amides is 1. The number of anilines is 1. The Labute approximate surface area is 138 Å². The third kappa shape index (κ3) is 3.85. The first kappa shape index (κ1) is 16.3. The van der Waals surface area contributed by atoms with Crippen LogP contribution in [0, 0.1) is 0 Å². The lowest BCUT2D eigenvalue weighted by atomic mass is 10.1. The van der Waals surface area contributed by atoms with Gasteiger partial charge in [0.25, 0.3) is 0 Å². The zero-order valence-corrected chi connectivity index (χ0v) is 14.4. The normalized spacial score (nSPS) is 25.0. The first-order chi connectivity index (χ1) is 10.9. The fourth-order valence-electron chi connectivity index (χ4n) is 3.64. The molecule has 3 N–H and O–H groups in total. The third-order valence-corrected chi connectivity index (χ3v) is 4.88. The van der Waals surface area contributed by atoms with Gasteiger partial charge in [-0.15, -0.1) is 0 Å². The van der Waals surface area contributed by atoms with Crippen molar-refractivity contribution in [2.24, 2.45) is 5.73 Å². The van der Waals surface area contributed by atoms with E-state index in [1.54, 1.807) is 0 Å². The summed E-state index contributed by atoms with van der Waals surface area (Å²) in [5.41, 5.74) is 8.27. The Morgan fingerprint density at radius 3 is 2.74 bits per heavy atom. The molecule has 2 aliphatic rings. The van der Waals surface area contributed by atoms with Gasteiger partial charge in [-0.05, 0) is 58.0 Å². The summed E-state index contributed by atoms with van der Waals surface area (Å²) in [4.78, 5) is 16.3. The standard InChI is InChI=1S/C18H28N4O/c1-12-8-15(11-22(12)16-6-7-16)20-17-9-13(18(19)23)4-5-14(17)10-21(2)3/h4-5,9,12,15-16,20H,6-8,10-11H2,1-3H3,(H2,19,23)/t12-,15+/m1/s1. The zero-order chi connectivity index (χ0) is 16.6. The van der Waals surface area contributed by atoms with Crippen LogP contribution in [0.1, 0.15) is 42.1 Å². The molecule has 1 saturated carbocycles. The fraction of sp³-hybridized carbons (Fsp3) is 0.611. The van der Waals surface area contributed by atoms with Crippen molar-refractivity contribution in [2.45, 2.75) is 50.9 Å². The summed E-state index contributed by atoms with van der Waals surface area (Å²) in [5, 5.41) is 3.68. The van der Waals surface area contributed by atoms with Crippen molar-refractivity contribution in [1.82, 2.24) is 9.80 Å². The van der Waals surface area contributed by atoms with Gasteiger partial charge in [0.15, 0.2) is 0 Å². The molecule has 0 radical (unpaired) electrons. The van der Waals surface area contributed by atoms with Crippen LogP contribution in [0.25, 0.3) is 0 Å². The first-order valence-electron chi connectivity index (χ1n) is 8.53. The van der Waals surface area contributed by atoms with Gasteiger partial charge in [-0.1, -0.05) is 6.07 Å². The highest BCUT2D eigenvalue weighted by atomic mass is 16.1. The second kappa shape index (κ2) is 6.49. The number of benzene rings is 1. The molecule has 1 aliphatic carbocycles. The number of hydrogen-bond acceptors (Lipinski definition) is 4. The molecule has 1 aliphatic heterocycles. The molecule has 23 heavy (non-hydrogen) atoms. The molecule has 1 aromatic rings. The predicted octanol–water partition coefficient (Wildman–Crippen LogP) is 1.88. The lowest BCUT2D eigenvalue weighted by Gasteiger charge is -2.21. The molecule has 0 unspecified atom stereocenters. The van der Waals surface area contributed by atoms with Crippen LogP contribution >= 0.6 is 0 Å². The molecular weight excluding hydrogens is 288 g/mol. The Morgan fingerprint density at radius 2 is 2.13 bits per heavy atom. The summed E-state index contributed by atoms with van der Waals surface area (Å²) in [6, 6.07) is 7.62. The molecule has 5 heteroatoms. The van der Waals surface area contributed by atoms with Crippen molar-refractivity contribution >= 4 is 11.6 Å². The highest BCUT2D eigenvalue weighted by Gasteiger charge is 2.38. The maximum atomic E-state index is 11.5. The minimum Gasteiger partial charge on any atom is -0.381 e. The first-order valence-corrected chi connectivity index (χ1v) is 8.53. The van der Waals surface area contributed by atoms with Gasteiger partial charge in [-0.2, -0.15) is 0 Å². The van der Waals surface area contributed by atoms with Gasteiger partial charge in [-0.25, -0.2) is 0 Å². The molecule has 0 aromatic heterocycles. The highest BCUT2D eigenvalue weighted by Crippen LogP contribution is 2.34. The number of rotatable bonds is 6. The van der Waals surface area contributed by atoms with E-state index in [9.17, 15) is 4.79 Å². The summed E-state index contributed by atoms with van der Waals surface area (Å²) < 4.78 is 0. The van der Waals surface area contributed by atoms with E-state index in [1.807, 2.05) is 18.2 Å². The van der Waals surface area contributed by atoms with Crippen LogP contribution in [0.4, 0.5) is 5.69 Å². The Hall–Kier alpha value is -1.59. The SMILES string of the molecule is C[C@@H]1C[C@H](Nc2cc(C(N)=O)ccc2CN(C)C)CN1C1CC1. The largest absolute Gasteiger partial charge is 0.381 e. The van der Waals surface area contributed by atoms with E-state index in [2.05, 4.69) is 36.1 Å². The second-order valence-corrected chi connectivity index (χ2v) is 7.33. The van der Waals surface area contributed by atoms with E-state index in [0.29, 0.717) is 17.6 Å². The number of carbonyl (C=O) groups excluding carboxylic acids is 1. The number of nitrogens with two attached hydrogens (primary N) is 1. The van der Waals surface area contributed by atoms with E-state index >= 15 is 0 Å². The predicted molar refractivity (Wildman–Crippen MR) is 93.6 cm³/mol. The van der Waals surface area contributed by atoms with E-state index in [1.165, 1.54) is 18.4 Å². The lowest BCUT2D eigenvalue weighted by Crippen LogP contribution is -2.31. The Balaban J connectivity index is 1.76. The van der Waals surface area contributed by atoms with E-state index in [-0.39, 0.29) is 5.91 Å². The average Bonchev–Trinajstić information content (AvgIpc) is 3.24. The molecule has 3 rings (SSSR count). The topological polar surface area (TPSA) is 61.6 Å². The van der Waals surface area contributed by atoms with Gasteiger partial charge in [0.2, 0.25) is 5.91 Å². The minimum absolute atomic E-state index is 0.371. The second-order valence-electron chi connectivity index (χ2n) is 7.33. The summed E-state index contributed by atoms with van der Waals surface area (Å²) in [7, 11) is 4.11. The number of carbonyl (C=O) groups is 1.